The van der Waals surface area contributed by atoms with Gasteiger partial charge >= 0.3 is 0 Å². The summed E-state index contributed by atoms with van der Waals surface area (Å²) in [6.45, 7) is 2.15. The zero-order chi connectivity index (χ0) is 16.5. The number of aromatic nitrogens is 4. The predicted molar refractivity (Wildman–Crippen MR) is 101 cm³/mol. The molecule has 0 saturated carbocycles. The van der Waals surface area contributed by atoms with Crippen LogP contribution in [0, 0.1) is 0 Å². The van der Waals surface area contributed by atoms with Crippen molar-refractivity contribution in [2.24, 2.45) is 7.05 Å². The predicted octanol–water partition coefficient (Wildman–Crippen LogP) is 4.64. The van der Waals surface area contributed by atoms with Gasteiger partial charge in [-0.15, -0.1) is 11.3 Å². The van der Waals surface area contributed by atoms with Gasteiger partial charge in [0.2, 0.25) is 0 Å². The fourth-order valence-corrected chi connectivity index (χ4v) is 3.39. The van der Waals surface area contributed by atoms with Gasteiger partial charge in [0, 0.05) is 14.5 Å². The molecule has 0 aliphatic carbocycles. The molecule has 0 aromatic carbocycles. The zero-order valence-corrected chi connectivity index (χ0v) is 14.3. The lowest BCUT2D eigenvalue weighted by atomic mass is 10.1. The summed E-state index contributed by atoms with van der Waals surface area (Å²) in [5.74, 6) is 0.798. The van der Waals surface area contributed by atoms with Crippen molar-refractivity contribution in [2.45, 2.75) is 13.3 Å². The SMILES string of the molecule is CCc1cc(-c2cccs2)ncc1Nc1cc2c(cn1)ncn2C.[HH]. The molecule has 0 aliphatic rings. The molecule has 4 rings (SSSR count). The molecule has 0 aliphatic heterocycles. The summed E-state index contributed by atoms with van der Waals surface area (Å²) in [4.78, 5) is 14.5. The van der Waals surface area contributed by atoms with Crippen molar-refractivity contribution >= 4 is 33.9 Å². The van der Waals surface area contributed by atoms with Crippen molar-refractivity contribution in [1.29, 1.82) is 0 Å². The van der Waals surface area contributed by atoms with Gasteiger partial charge in [0.1, 0.15) is 11.3 Å². The minimum absolute atomic E-state index is 0. The fourth-order valence-electron chi connectivity index (χ4n) is 2.70. The van der Waals surface area contributed by atoms with Crippen molar-refractivity contribution < 1.29 is 1.43 Å². The molecule has 4 heterocycles. The van der Waals surface area contributed by atoms with Crippen LogP contribution in [-0.2, 0) is 13.5 Å². The van der Waals surface area contributed by atoms with Crippen LogP contribution < -0.4 is 5.32 Å². The first-order chi connectivity index (χ1) is 11.7. The van der Waals surface area contributed by atoms with Crippen LogP contribution in [0.5, 0.6) is 0 Å². The van der Waals surface area contributed by atoms with E-state index in [1.54, 1.807) is 23.9 Å². The Morgan fingerprint density at radius 1 is 1.21 bits per heavy atom. The number of thiophene rings is 1. The molecule has 122 valence electrons. The largest absolute Gasteiger partial charge is 0.339 e. The lowest BCUT2D eigenvalue weighted by molar-refractivity contribution is 0.947. The van der Waals surface area contributed by atoms with Gasteiger partial charge in [-0.3, -0.25) is 4.98 Å². The van der Waals surface area contributed by atoms with E-state index < -0.39 is 0 Å². The molecule has 0 amide bonds. The summed E-state index contributed by atoms with van der Waals surface area (Å²) in [6, 6.07) is 8.30. The van der Waals surface area contributed by atoms with E-state index >= 15 is 0 Å². The number of nitrogens with one attached hydrogen (secondary N) is 1. The van der Waals surface area contributed by atoms with Crippen LogP contribution in [0.15, 0.2) is 48.4 Å². The Morgan fingerprint density at radius 2 is 2.12 bits per heavy atom. The monoisotopic (exact) mass is 337 g/mol. The number of fused-ring (bicyclic) bond motifs is 1. The average molecular weight is 337 g/mol. The second kappa shape index (κ2) is 6.05. The summed E-state index contributed by atoms with van der Waals surface area (Å²) in [7, 11) is 1.98. The van der Waals surface area contributed by atoms with Crippen LogP contribution in [0.4, 0.5) is 11.5 Å². The van der Waals surface area contributed by atoms with Crippen LogP contribution in [0.1, 0.15) is 13.9 Å². The van der Waals surface area contributed by atoms with Crippen molar-refractivity contribution in [3.63, 3.8) is 0 Å². The third-order valence-corrected chi connectivity index (χ3v) is 4.91. The van der Waals surface area contributed by atoms with Gasteiger partial charge < -0.3 is 9.88 Å². The van der Waals surface area contributed by atoms with Crippen LogP contribution in [-0.4, -0.2) is 19.5 Å². The highest BCUT2D eigenvalue weighted by Crippen LogP contribution is 2.28. The highest BCUT2D eigenvalue weighted by molar-refractivity contribution is 7.13. The Balaban J connectivity index is 0.00000182. The van der Waals surface area contributed by atoms with Crippen molar-refractivity contribution in [3.8, 4) is 10.6 Å². The lowest BCUT2D eigenvalue weighted by Gasteiger charge is -2.11. The second-order valence-corrected chi connectivity index (χ2v) is 6.54. The van der Waals surface area contributed by atoms with E-state index in [9.17, 15) is 0 Å². The van der Waals surface area contributed by atoms with Gasteiger partial charge in [-0.25, -0.2) is 9.97 Å². The third kappa shape index (κ3) is 2.65. The Hall–Kier alpha value is -2.73. The number of aryl methyl sites for hydroxylation is 2. The first-order valence-corrected chi connectivity index (χ1v) is 8.69. The van der Waals surface area contributed by atoms with E-state index in [2.05, 4.69) is 44.7 Å². The Bertz CT molecular complexity index is 994. The zero-order valence-electron chi connectivity index (χ0n) is 13.5. The normalized spacial score (nSPS) is 11.1. The van der Waals surface area contributed by atoms with Crippen molar-refractivity contribution in [2.75, 3.05) is 5.32 Å². The number of nitrogens with zero attached hydrogens (tertiary/aromatic N) is 4. The summed E-state index contributed by atoms with van der Waals surface area (Å²) >= 11 is 1.70. The molecule has 0 saturated heterocycles. The van der Waals surface area contributed by atoms with E-state index in [0.717, 1.165) is 34.7 Å². The quantitative estimate of drug-likeness (QED) is 0.589. The second-order valence-electron chi connectivity index (χ2n) is 5.60. The van der Waals surface area contributed by atoms with E-state index in [1.807, 2.05) is 29.9 Å². The van der Waals surface area contributed by atoms with Crippen molar-refractivity contribution in [3.05, 3.63) is 53.9 Å². The molecule has 0 unspecified atom stereocenters. The van der Waals surface area contributed by atoms with Gasteiger partial charge in [-0.05, 0) is 29.5 Å². The maximum Gasteiger partial charge on any atom is 0.132 e. The number of imidazole rings is 1. The van der Waals surface area contributed by atoms with Crippen molar-refractivity contribution in [1.82, 2.24) is 19.5 Å². The van der Waals surface area contributed by atoms with Crippen LogP contribution in [0.2, 0.25) is 0 Å². The average Bonchev–Trinajstić information content (AvgIpc) is 3.26. The molecule has 0 bridgehead atoms. The molecule has 0 atom stereocenters. The molecule has 5 nitrogen and oxygen atoms in total. The van der Waals surface area contributed by atoms with Gasteiger partial charge in [-0.1, -0.05) is 13.0 Å². The Kier molecular flexibility index (Phi) is 3.74. The molecule has 4 aromatic heterocycles. The minimum Gasteiger partial charge on any atom is -0.339 e. The van der Waals surface area contributed by atoms with Crippen LogP contribution >= 0.6 is 11.3 Å². The highest BCUT2D eigenvalue weighted by Gasteiger charge is 2.09. The van der Waals surface area contributed by atoms with Gasteiger partial charge in [0.15, 0.2) is 0 Å². The van der Waals surface area contributed by atoms with E-state index in [4.69, 9.17) is 0 Å². The number of hydrogen-bond acceptors (Lipinski definition) is 5. The molecule has 6 heteroatoms. The molecular weight excluding hydrogens is 318 g/mol. The van der Waals surface area contributed by atoms with E-state index in [-0.39, 0.29) is 1.43 Å². The summed E-state index contributed by atoms with van der Waals surface area (Å²) in [5, 5.41) is 5.47. The molecule has 0 radical (unpaired) electrons. The van der Waals surface area contributed by atoms with Gasteiger partial charge in [0.25, 0.3) is 0 Å². The standard InChI is InChI=1S/C18H17N5S.H2/c1-3-12-7-13(17-5-4-6-24-17)19-9-14(12)22-18-8-16-15(10-20-18)21-11-23(16)2;/h4-11H,3H2,1-2H3,(H,20,22);1H. The topological polar surface area (TPSA) is 55.6 Å². The fraction of sp³-hybridized carbons (Fsp3) is 0.167. The Labute approximate surface area is 145 Å². The summed E-state index contributed by atoms with van der Waals surface area (Å²) < 4.78 is 1.99. The minimum atomic E-state index is 0. The molecule has 1 N–H and O–H groups in total. The molecule has 24 heavy (non-hydrogen) atoms. The number of rotatable bonds is 4. The molecular formula is C18H19N5S. The maximum absolute atomic E-state index is 4.60. The smallest absolute Gasteiger partial charge is 0.132 e. The summed E-state index contributed by atoms with van der Waals surface area (Å²) in [6.07, 6.45) is 6.40. The van der Waals surface area contributed by atoms with Crippen LogP contribution in [0.3, 0.4) is 0 Å². The van der Waals surface area contributed by atoms with E-state index in [0.29, 0.717) is 0 Å². The number of pyridine rings is 2. The highest BCUT2D eigenvalue weighted by atomic mass is 32.1. The molecule has 0 spiro atoms. The molecule has 4 aromatic rings. The van der Waals surface area contributed by atoms with Gasteiger partial charge in [-0.2, -0.15) is 0 Å². The van der Waals surface area contributed by atoms with Gasteiger partial charge in [0.05, 0.1) is 40.5 Å². The molecule has 0 fully saturated rings. The third-order valence-electron chi connectivity index (χ3n) is 4.02. The number of hydrogen-bond donors (Lipinski definition) is 1. The Morgan fingerprint density at radius 3 is 2.92 bits per heavy atom. The maximum atomic E-state index is 4.60. The lowest BCUT2D eigenvalue weighted by Crippen LogP contribution is -1.99. The first kappa shape index (κ1) is 14.8. The first-order valence-electron chi connectivity index (χ1n) is 7.81. The number of anilines is 2. The van der Waals surface area contributed by atoms with Crippen LogP contribution in [0.25, 0.3) is 21.6 Å². The summed E-state index contributed by atoms with van der Waals surface area (Å²) in [5.41, 5.74) is 5.17. The van der Waals surface area contributed by atoms with E-state index in [1.165, 1.54) is 10.4 Å².